The van der Waals surface area contributed by atoms with Crippen molar-refractivity contribution in [2.24, 2.45) is 0 Å². The van der Waals surface area contributed by atoms with Crippen molar-refractivity contribution in [1.82, 2.24) is 0 Å². The van der Waals surface area contributed by atoms with Crippen LogP contribution in [0.4, 0.5) is 0 Å². The average molecular weight is 202 g/mol. The van der Waals surface area contributed by atoms with Crippen LogP contribution in [0.2, 0.25) is 0 Å². The molecule has 0 spiro atoms. The van der Waals surface area contributed by atoms with E-state index in [0.29, 0.717) is 0 Å². The van der Waals surface area contributed by atoms with Crippen molar-refractivity contribution in [3.63, 3.8) is 0 Å². The number of esters is 2. The smallest absolute Gasteiger partial charge is 0.372 e. The minimum Gasteiger partial charge on any atom is -0.490 e. The topological polar surface area (TPSA) is 61.8 Å². The number of carbonyl (C=O) groups excluding carboxylic acids is 2. The molecule has 5 nitrogen and oxygen atoms in total. The second-order valence-corrected chi connectivity index (χ2v) is 1.85. The zero-order valence-electron chi connectivity index (χ0n) is 8.53. The second-order valence-electron chi connectivity index (χ2n) is 1.85. The van der Waals surface area contributed by atoms with Crippen molar-refractivity contribution < 1.29 is 23.8 Å². The Kier molecular flexibility index (Phi) is 9.79. The fourth-order valence-electron chi connectivity index (χ4n) is 0.281. The fourth-order valence-corrected chi connectivity index (χ4v) is 0.281. The number of rotatable bonds is 3. The Labute approximate surface area is 82.9 Å². The summed E-state index contributed by atoms with van der Waals surface area (Å²) in [4.78, 5) is 20.1. The number of hydrogen-bond donors (Lipinski definition) is 0. The van der Waals surface area contributed by atoms with E-state index in [1.54, 1.807) is 0 Å². The molecule has 80 valence electrons. The normalized spacial score (nSPS) is 7.36. The molecule has 0 unspecified atom stereocenters. The molecule has 0 aromatic carbocycles. The van der Waals surface area contributed by atoms with Gasteiger partial charge in [0.2, 0.25) is 0 Å². The van der Waals surface area contributed by atoms with E-state index >= 15 is 0 Å². The quantitative estimate of drug-likeness (QED) is 0.382. The Morgan fingerprint density at radius 1 is 1.07 bits per heavy atom. The van der Waals surface area contributed by atoms with Crippen molar-refractivity contribution in [3.05, 3.63) is 25.0 Å². The van der Waals surface area contributed by atoms with Crippen LogP contribution in [0.25, 0.3) is 0 Å². The van der Waals surface area contributed by atoms with E-state index < -0.39 is 11.9 Å². The van der Waals surface area contributed by atoms with Crippen LogP contribution in [0, 0.1) is 0 Å². The maximum absolute atomic E-state index is 10.3. The van der Waals surface area contributed by atoms with Crippen LogP contribution in [0.5, 0.6) is 0 Å². The highest BCUT2D eigenvalue weighted by Crippen LogP contribution is 1.90. The largest absolute Gasteiger partial charge is 0.490 e. The summed E-state index contributed by atoms with van der Waals surface area (Å²) in [6, 6.07) is 0. The van der Waals surface area contributed by atoms with E-state index in [9.17, 15) is 9.59 Å². The average Bonchev–Trinajstić information content (AvgIpc) is 2.26. The van der Waals surface area contributed by atoms with Gasteiger partial charge in [0.05, 0.1) is 21.3 Å². The van der Waals surface area contributed by atoms with E-state index in [0.717, 1.165) is 6.08 Å². The molecule has 0 fully saturated rings. The first-order chi connectivity index (χ1) is 6.53. The first kappa shape index (κ1) is 14.7. The van der Waals surface area contributed by atoms with Crippen LogP contribution >= 0.6 is 0 Å². The molecule has 0 aliphatic carbocycles. The predicted octanol–water partition coefficient (Wildman–Crippen LogP) is 0.665. The Hall–Kier alpha value is -1.78. The van der Waals surface area contributed by atoms with E-state index in [-0.39, 0.29) is 5.76 Å². The van der Waals surface area contributed by atoms with E-state index in [4.69, 9.17) is 0 Å². The highest BCUT2D eigenvalue weighted by atomic mass is 16.6. The first-order valence-corrected chi connectivity index (χ1v) is 3.55. The van der Waals surface area contributed by atoms with Gasteiger partial charge in [-0.2, -0.15) is 0 Å². The lowest BCUT2D eigenvalue weighted by molar-refractivity contribution is -0.139. The van der Waals surface area contributed by atoms with Crippen LogP contribution in [-0.4, -0.2) is 33.3 Å². The maximum atomic E-state index is 10.3. The van der Waals surface area contributed by atoms with Crippen LogP contribution in [-0.2, 0) is 23.8 Å². The standard InChI is InChI=1S/C5H8O3.C4H6O2/c1-4(7-2)5(6)8-3;1-3-4(5)6-2/h1H2,2-3H3;3H,1H2,2H3. The lowest BCUT2D eigenvalue weighted by Gasteiger charge is -1.98. The van der Waals surface area contributed by atoms with Gasteiger partial charge in [0, 0.05) is 6.08 Å². The van der Waals surface area contributed by atoms with Gasteiger partial charge in [0.15, 0.2) is 5.76 Å². The van der Waals surface area contributed by atoms with Gasteiger partial charge in [0.1, 0.15) is 0 Å². The minimum absolute atomic E-state index is 0.0208. The summed E-state index contributed by atoms with van der Waals surface area (Å²) in [6.45, 7) is 6.40. The third kappa shape index (κ3) is 8.32. The molecular formula is C9H14O5. The van der Waals surface area contributed by atoms with Crippen LogP contribution in [0.3, 0.4) is 0 Å². The van der Waals surface area contributed by atoms with Gasteiger partial charge in [-0.15, -0.1) is 0 Å². The minimum atomic E-state index is -0.535. The van der Waals surface area contributed by atoms with E-state index in [1.165, 1.54) is 21.3 Å². The molecule has 0 heterocycles. The zero-order chi connectivity index (χ0) is 11.6. The number of ether oxygens (including phenoxy) is 3. The summed E-state index contributed by atoms with van der Waals surface area (Å²) in [5, 5.41) is 0. The molecule has 0 bridgehead atoms. The maximum Gasteiger partial charge on any atom is 0.372 e. The van der Waals surface area contributed by atoms with Gasteiger partial charge in [-0.1, -0.05) is 6.58 Å². The third-order valence-electron chi connectivity index (χ3n) is 1.03. The van der Waals surface area contributed by atoms with E-state index in [1.807, 2.05) is 0 Å². The Balaban J connectivity index is 0. The highest BCUT2D eigenvalue weighted by Gasteiger charge is 2.03. The molecule has 0 saturated heterocycles. The molecule has 0 amide bonds. The van der Waals surface area contributed by atoms with Gasteiger partial charge < -0.3 is 14.2 Å². The van der Waals surface area contributed by atoms with Gasteiger partial charge in [-0.3, -0.25) is 0 Å². The lowest BCUT2D eigenvalue weighted by atomic mass is 10.6. The summed E-state index contributed by atoms with van der Waals surface area (Å²) in [7, 11) is 3.94. The third-order valence-corrected chi connectivity index (χ3v) is 1.03. The summed E-state index contributed by atoms with van der Waals surface area (Å²) in [6.07, 6.45) is 1.11. The predicted molar refractivity (Wildman–Crippen MR) is 50.4 cm³/mol. The number of methoxy groups -OCH3 is 3. The summed E-state index contributed by atoms with van der Waals surface area (Å²) in [5.41, 5.74) is 0. The van der Waals surface area contributed by atoms with Gasteiger partial charge in [-0.05, 0) is 6.58 Å². The van der Waals surface area contributed by atoms with E-state index in [2.05, 4.69) is 27.4 Å². The molecule has 0 atom stereocenters. The molecule has 0 rings (SSSR count). The number of hydrogen-bond acceptors (Lipinski definition) is 5. The molecule has 0 aliphatic heterocycles. The molecule has 0 N–H and O–H groups in total. The van der Waals surface area contributed by atoms with Crippen LogP contribution in [0.15, 0.2) is 25.0 Å². The summed E-state index contributed by atoms with van der Waals surface area (Å²) >= 11 is 0. The first-order valence-electron chi connectivity index (χ1n) is 3.55. The van der Waals surface area contributed by atoms with Crippen molar-refractivity contribution in [2.45, 2.75) is 0 Å². The van der Waals surface area contributed by atoms with Gasteiger partial charge >= 0.3 is 11.9 Å². The molecule has 0 aliphatic rings. The van der Waals surface area contributed by atoms with Crippen molar-refractivity contribution in [1.29, 1.82) is 0 Å². The lowest BCUT2D eigenvalue weighted by Crippen LogP contribution is -2.04. The second kappa shape index (κ2) is 9.31. The van der Waals surface area contributed by atoms with Crippen LogP contribution in [0.1, 0.15) is 0 Å². The summed E-state index contributed by atoms with van der Waals surface area (Å²) in [5.74, 6) is -0.907. The molecule has 5 heteroatoms. The zero-order valence-corrected chi connectivity index (χ0v) is 8.53. The Morgan fingerprint density at radius 3 is 1.64 bits per heavy atom. The highest BCUT2D eigenvalue weighted by molar-refractivity contribution is 5.85. The van der Waals surface area contributed by atoms with Crippen molar-refractivity contribution in [3.8, 4) is 0 Å². The number of carbonyl (C=O) groups is 2. The van der Waals surface area contributed by atoms with Crippen molar-refractivity contribution >= 4 is 11.9 Å². The SMILES string of the molecule is C=C(OC)C(=O)OC.C=CC(=O)OC. The fraction of sp³-hybridized carbons (Fsp3) is 0.333. The van der Waals surface area contributed by atoms with Crippen LogP contribution < -0.4 is 0 Å². The molecular weight excluding hydrogens is 188 g/mol. The molecule has 14 heavy (non-hydrogen) atoms. The Morgan fingerprint density at radius 2 is 1.57 bits per heavy atom. The molecule has 0 saturated carbocycles. The van der Waals surface area contributed by atoms with Crippen molar-refractivity contribution in [2.75, 3.05) is 21.3 Å². The molecule has 0 radical (unpaired) electrons. The Bertz CT molecular complexity index is 205. The molecule has 0 aromatic heterocycles. The molecule has 0 aromatic rings. The van der Waals surface area contributed by atoms with Gasteiger partial charge in [-0.25, -0.2) is 9.59 Å². The van der Waals surface area contributed by atoms with Gasteiger partial charge in [0.25, 0.3) is 0 Å². The monoisotopic (exact) mass is 202 g/mol. The summed E-state index contributed by atoms with van der Waals surface area (Å²) < 4.78 is 12.8.